The van der Waals surface area contributed by atoms with E-state index < -0.39 is 0 Å². The van der Waals surface area contributed by atoms with E-state index in [1.165, 1.54) is 38.6 Å². The molecule has 0 radical (unpaired) electrons. The van der Waals surface area contributed by atoms with Crippen LogP contribution in [0.3, 0.4) is 0 Å². The van der Waals surface area contributed by atoms with Crippen LogP contribution in [0, 0.1) is 0 Å². The zero-order chi connectivity index (χ0) is 38.7. The second-order valence-electron chi connectivity index (χ2n) is 14.4. The Hall–Kier alpha value is -7.75. The Bertz CT molecular complexity index is 2900. The zero-order valence-corrected chi connectivity index (χ0v) is 31.7. The molecule has 1 aromatic heterocycles. The average molecular weight is 740 g/mol. The summed E-state index contributed by atoms with van der Waals surface area (Å²) in [5, 5.41) is 2.38. The smallest absolute Gasteiger partial charge is 0.164 e. The number of hydrogen-bond donors (Lipinski definition) is 0. The molecule has 0 aliphatic rings. The number of hydrogen-bond acceptors (Lipinski definition) is 3. The summed E-state index contributed by atoms with van der Waals surface area (Å²) in [6, 6.07) is 79.1. The minimum atomic E-state index is 0.628. The maximum Gasteiger partial charge on any atom is 0.164 e. The van der Waals surface area contributed by atoms with Gasteiger partial charge in [-0.2, -0.15) is 0 Å². The Morgan fingerprint density at radius 1 is 0.207 bits per heavy atom. The van der Waals surface area contributed by atoms with Crippen LogP contribution in [0.4, 0.5) is 0 Å². The number of benzene rings is 9. The predicted molar refractivity (Wildman–Crippen MR) is 241 cm³/mol. The van der Waals surface area contributed by atoms with E-state index in [9.17, 15) is 0 Å². The van der Waals surface area contributed by atoms with Gasteiger partial charge in [-0.05, 0) is 90.7 Å². The highest BCUT2D eigenvalue weighted by Gasteiger charge is 2.17. The molecule has 0 aliphatic carbocycles. The summed E-state index contributed by atoms with van der Waals surface area (Å²) >= 11 is 0. The Balaban J connectivity index is 1.11. The summed E-state index contributed by atoms with van der Waals surface area (Å²) in [6.07, 6.45) is 0. The summed E-state index contributed by atoms with van der Waals surface area (Å²) in [4.78, 5) is 15.1. The molecular formula is C55H37N3. The lowest BCUT2D eigenvalue weighted by molar-refractivity contribution is 1.07. The van der Waals surface area contributed by atoms with Crippen molar-refractivity contribution in [3.63, 3.8) is 0 Å². The zero-order valence-electron chi connectivity index (χ0n) is 31.7. The summed E-state index contributed by atoms with van der Waals surface area (Å²) < 4.78 is 0. The van der Waals surface area contributed by atoms with Gasteiger partial charge in [-0.15, -0.1) is 0 Å². The van der Waals surface area contributed by atoms with Crippen LogP contribution in [-0.2, 0) is 0 Å². The highest BCUT2D eigenvalue weighted by Crippen LogP contribution is 2.40. The van der Waals surface area contributed by atoms with Crippen LogP contribution < -0.4 is 0 Å². The van der Waals surface area contributed by atoms with Gasteiger partial charge in [-0.25, -0.2) is 15.0 Å². The molecule has 3 nitrogen and oxygen atoms in total. The van der Waals surface area contributed by atoms with E-state index in [-0.39, 0.29) is 0 Å². The number of rotatable bonds is 8. The minimum absolute atomic E-state index is 0.628. The standard InChI is InChI=1S/C55H37N3/c1-5-16-38(17-6-1)46-34-47(39-18-7-2-8-19-39)36-48(35-46)40-28-30-42(31-29-40)50-33-32-45(37-52(50)51-27-15-25-41-20-13-14-26-49(41)51)55-57-53(43-21-9-3-10-22-43)56-54(58-55)44-23-11-4-12-24-44/h1-37H. The molecule has 10 rings (SSSR count). The lowest BCUT2D eigenvalue weighted by atomic mass is 9.89. The van der Waals surface area contributed by atoms with Crippen LogP contribution >= 0.6 is 0 Å². The molecule has 9 aromatic carbocycles. The van der Waals surface area contributed by atoms with Crippen LogP contribution in [-0.4, -0.2) is 15.0 Å². The SMILES string of the molecule is c1ccc(-c2cc(-c3ccccc3)cc(-c3ccc(-c4ccc(-c5nc(-c6ccccc6)nc(-c6ccccc6)n5)cc4-c4cccc5ccccc45)cc3)c2)cc1. The molecule has 0 atom stereocenters. The molecule has 0 saturated carbocycles. The monoisotopic (exact) mass is 739 g/mol. The van der Waals surface area contributed by atoms with E-state index in [0.29, 0.717) is 17.5 Å². The Kier molecular flexibility index (Phi) is 9.23. The molecule has 0 unspecified atom stereocenters. The van der Waals surface area contributed by atoms with Gasteiger partial charge in [-0.1, -0.05) is 200 Å². The average Bonchev–Trinajstić information content (AvgIpc) is 3.32. The fourth-order valence-electron chi connectivity index (χ4n) is 7.79. The van der Waals surface area contributed by atoms with Gasteiger partial charge in [0.2, 0.25) is 0 Å². The first-order valence-electron chi connectivity index (χ1n) is 19.6. The normalized spacial score (nSPS) is 11.1. The van der Waals surface area contributed by atoms with Gasteiger partial charge < -0.3 is 0 Å². The third kappa shape index (κ3) is 6.98. The quantitative estimate of drug-likeness (QED) is 0.156. The van der Waals surface area contributed by atoms with Gasteiger partial charge in [0, 0.05) is 16.7 Å². The van der Waals surface area contributed by atoms with Crippen molar-refractivity contribution in [3.05, 3.63) is 224 Å². The van der Waals surface area contributed by atoms with Crippen molar-refractivity contribution in [3.8, 4) is 89.8 Å². The molecule has 0 N–H and O–H groups in total. The van der Waals surface area contributed by atoms with Gasteiger partial charge in [0.15, 0.2) is 17.5 Å². The first kappa shape index (κ1) is 34.7. The van der Waals surface area contributed by atoms with E-state index in [4.69, 9.17) is 15.0 Å². The van der Waals surface area contributed by atoms with Crippen molar-refractivity contribution in [2.24, 2.45) is 0 Å². The van der Waals surface area contributed by atoms with E-state index >= 15 is 0 Å². The molecule has 3 heteroatoms. The Morgan fingerprint density at radius 3 is 1.14 bits per heavy atom. The number of aromatic nitrogens is 3. The second kappa shape index (κ2) is 15.4. The lowest BCUT2D eigenvalue weighted by Gasteiger charge is -2.16. The van der Waals surface area contributed by atoms with Crippen molar-refractivity contribution >= 4 is 10.8 Å². The third-order valence-corrected chi connectivity index (χ3v) is 10.7. The van der Waals surface area contributed by atoms with Crippen molar-refractivity contribution in [2.45, 2.75) is 0 Å². The third-order valence-electron chi connectivity index (χ3n) is 10.7. The van der Waals surface area contributed by atoms with Gasteiger partial charge in [0.1, 0.15) is 0 Å². The fraction of sp³-hybridized carbons (Fsp3) is 0. The van der Waals surface area contributed by atoms with Crippen LogP contribution in [0.25, 0.3) is 101 Å². The van der Waals surface area contributed by atoms with E-state index in [2.05, 4.69) is 164 Å². The molecule has 10 aromatic rings. The van der Waals surface area contributed by atoms with Gasteiger partial charge >= 0.3 is 0 Å². The topological polar surface area (TPSA) is 38.7 Å². The molecule has 58 heavy (non-hydrogen) atoms. The van der Waals surface area contributed by atoms with E-state index in [0.717, 1.165) is 44.5 Å². The van der Waals surface area contributed by atoms with E-state index in [1.54, 1.807) is 0 Å². The largest absolute Gasteiger partial charge is 0.208 e. The van der Waals surface area contributed by atoms with Crippen LogP contribution in [0.15, 0.2) is 224 Å². The predicted octanol–water partition coefficient (Wildman–Crippen LogP) is 14.4. The maximum absolute atomic E-state index is 5.08. The lowest BCUT2D eigenvalue weighted by Crippen LogP contribution is -2.00. The van der Waals surface area contributed by atoms with Crippen molar-refractivity contribution in [1.82, 2.24) is 15.0 Å². The van der Waals surface area contributed by atoms with E-state index in [1.807, 2.05) is 60.7 Å². The maximum atomic E-state index is 5.08. The van der Waals surface area contributed by atoms with Crippen LogP contribution in [0.2, 0.25) is 0 Å². The van der Waals surface area contributed by atoms with Crippen molar-refractivity contribution in [2.75, 3.05) is 0 Å². The first-order valence-corrected chi connectivity index (χ1v) is 19.6. The molecule has 0 aliphatic heterocycles. The molecule has 0 saturated heterocycles. The highest BCUT2D eigenvalue weighted by atomic mass is 15.0. The summed E-state index contributed by atoms with van der Waals surface area (Å²) in [5.41, 5.74) is 14.5. The van der Waals surface area contributed by atoms with Crippen LogP contribution in [0.5, 0.6) is 0 Å². The van der Waals surface area contributed by atoms with Gasteiger partial charge in [0.05, 0.1) is 0 Å². The fourth-order valence-corrected chi connectivity index (χ4v) is 7.79. The molecule has 0 amide bonds. The summed E-state index contributed by atoms with van der Waals surface area (Å²) in [7, 11) is 0. The minimum Gasteiger partial charge on any atom is -0.208 e. The molecule has 1 heterocycles. The first-order chi connectivity index (χ1) is 28.7. The van der Waals surface area contributed by atoms with Gasteiger partial charge in [-0.3, -0.25) is 0 Å². The van der Waals surface area contributed by atoms with Gasteiger partial charge in [0.25, 0.3) is 0 Å². The van der Waals surface area contributed by atoms with Crippen molar-refractivity contribution in [1.29, 1.82) is 0 Å². The number of nitrogens with zero attached hydrogens (tertiary/aromatic N) is 3. The number of fused-ring (bicyclic) bond motifs is 1. The Labute approximate surface area is 338 Å². The molecule has 0 bridgehead atoms. The summed E-state index contributed by atoms with van der Waals surface area (Å²) in [6.45, 7) is 0. The van der Waals surface area contributed by atoms with Crippen LogP contribution in [0.1, 0.15) is 0 Å². The summed E-state index contributed by atoms with van der Waals surface area (Å²) in [5.74, 6) is 1.91. The molecule has 0 spiro atoms. The molecule has 0 fully saturated rings. The Morgan fingerprint density at radius 2 is 0.603 bits per heavy atom. The van der Waals surface area contributed by atoms with Crippen molar-refractivity contribution < 1.29 is 0 Å². The molecule has 272 valence electrons. The second-order valence-corrected chi connectivity index (χ2v) is 14.4. The highest BCUT2D eigenvalue weighted by molar-refractivity contribution is 6.01. The molecular weight excluding hydrogens is 703 g/mol.